The van der Waals surface area contributed by atoms with E-state index in [2.05, 4.69) is 65.4 Å². The third kappa shape index (κ3) is 6.37. The lowest BCUT2D eigenvalue weighted by Crippen LogP contribution is -2.42. The molecule has 1 aliphatic carbocycles. The fourth-order valence-electron chi connectivity index (χ4n) is 8.28. The Morgan fingerprint density at radius 2 is 1.94 bits per heavy atom. The number of likely N-dealkylation sites (tertiary alicyclic amines) is 2. The van der Waals surface area contributed by atoms with Gasteiger partial charge in [-0.2, -0.15) is 5.26 Å². The average molecular weight is 710 g/mol. The summed E-state index contributed by atoms with van der Waals surface area (Å²) in [6, 6.07) is 18.5. The third-order valence-electron chi connectivity index (χ3n) is 11.4. The molecule has 3 N–H and O–H groups in total. The number of nitriles is 1. The van der Waals surface area contributed by atoms with Crippen molar-refractivity contribution in [3.8, 4) is 6.07 Å². The molecule has 11 heteroatoms. The fourth-order valence-corrected chi connectivity index (χ4v) is 8.28. The van der Waals surface area contributed by atoms with E-state index in [-0.39, 0.29) is 12.0 Å². The number of nitrogens with one attached hydrogen (secondary N) is 1. The van der Waals surface area contributed by atoms with E-state index in [4.69, 9.17) is 19.4 Å². The molecule has 5 heterocycles. The molecule has 0 radical (unpaired) electrons. The molecular weight excluding hydrogens is 667 g/mol. The SMILES string of the molecule is Cc1ccccc1C1=CC=CC(Nc2nccc3cc(CN4CC[C@@H](O)C4)cnc23)(c2nc3cc(CN4CC[C@@](C)(C(=O)O)C4)cc(C#N)c3o2)C1C. The maximum atomic E-state index is 11.9. The van der Waals surface area contributed by atoms with E-state index in [0.717, 1.165) is 46.2 Å². The number of β-amino-alcohol motifs (C(OH)–C–C–N with tert-alkyl or cyclic N) is 1. The quantitative estimate of drug-likeness (QED) is 0.156. The Kier molecular flexibility index (Phi) is 8.85. The first-order valence-corrected chi connectivity index (χ1v) is 18.2. The monoisotopic (exact) mass is 709 g/mol. The lowest BCUT2D eigenvalue weighted by Gasteiger charge is -2.39. The number of oxazole rings is 1. The van der Waals surface area contributed by atoms with Gasteiger partial charge in [0.1, 0.15) is 22.6 Å². The summed E-state index contributed by atoms with van der Waals surface area (Å²) < 4.78 is 6.65. The molecule has 0 saturated carbocycles. The molecule has 4 atom stereocenters. The third-order valence-corrected chi connectivity index (χ3v) is 11.4. The molecule has 2 saturated heterocycles. The van der Waals surface area contributed by atoms with Gasteiger partial charge in [0.15, 0.2) is 11.4 Å². The number of anilines is 1. The summed E-state index contributed by atoms with van der Waals surface area (Å²) in [6.07, 6.45) is 10.9. The molecule has 2 aromatic carbocycles. The zero-order valence-corrected chi connectivity index (χ0v) is 30.2. The molecule has 3 aliphatic rings. The lowest BCUT2D eigenvalue weighted by atomic mass is 9.73. The minimum atomic E-state index is -1.02. The molecule has 3 aromatic heterocycles. The average Bonchev–Trinajstić information content (AvgIpc) is 3.88. The number of allylic oxidation sites excluding steroid dienone is 2. The predicted octanol–water partition coefficient (Wildman–Crippen LogP) is 6.41. The highest BCUT2D eigenvalue weighted by atomic mass is 16.4. The van der Waals surface area contributed by atoms with Crippen LogP contribution in [0.25, 0.3) is 27.6 Å². The molecule has 0 bridgehead atoms. The number of nitrogens with zero attached hydrogens (tertiary/aromatic N) is 6. The van der Waals surface area contributed by atoms with Crippen molar-refractivity contribution < 1.29 is 19.4 Å². The molecule has 2 unspecified atom stereocenters. The number of aliphatic hydroxyl groups is 1. The summed E-state index contributed by atoms with van der Waals surface area (Å²) >= 11 is 0. The summed E-state index contributed by atoms with van der Waals surface area (Å²) in [4.78, 5) is 31.1. The summed E-state index contributed by atoms with van der Waals surface area (Å²) in [7, 11) is 0. The van der Waals surface area contributed by atoms with Gasteiger partial charge in [0.2, 0.25) is 5.89 Å². The van der Waals surface area contributed by atoms with Crippen molar-refractivity contribution in [3.05, 3.63) is 113 Å². The van der Waals surface area contributed by atoms with Crippen molar-refractivity contribution in [2.45, 2.75) is 58.3 Å². The summed E-state index contributed by atoms with van der Waals surface area (Å²) in [5, 5.41) is 34.8. The number of carboxylic acid groups (broad SMARTS) is 1. The van der Waals surface area contributed by atoms with Crippen LogP contribution in [0.3, 0.4) is 0 Å². The first kappa shape index (κ1) is 34.7. The minimum absolute atomic E-state index is 0.206. The van der Waals surface area contributed by atoms with Crippen LogP contribution in [0.2, 0.25) is 0 Å². The normalized spacial score (nSPS) is 24.8. The molecule has 8 rings (SSSR count). The highest BCUT2D eigenvalue weighted by Crippen LogP contribution is 2.46. The second-order valence-electron chi connectivity index (χ2n) is 15.2. The van der Waals surface area contributed by atoms with Crippen molar-refractivity contribution >= 4 is 39.4 Å². The largest absolute Gasteiger partial charge is 0.481 e. The molecule has 2 aliphatic heterocycles. The number of aromatic nitrogens is 3. The number of hydrogen-bond acceptors (Lipinski definition) is 10. The van der Waals surface area contributed by atoms with Crippen molar-refractivity contribution in [2.24, 2.45) is 11.3 Å². The molecule has 5 aromatic rings. The summed E-state index contributed by atoms with van der Waals surface area (Å²) in [5.74, 6) is -0.0261. The number of aliphatic carboxylic acids is 1. The maximum absolute atomic E-state index is 11.9. The Hall–Kier alpha value is -5.41. The number of pyridine rings is 2. The highest BCUT2D eigenvalue weighted by molar-refractivity contribution is 5.89. The first-order chi connectivity index (χ1) is 25.5. The highest BCUT2D eigenvalue weighted by Gasteiger charge is 2.45. The Labute approximate surface area is 308 Å². The van der Waals surface area contributed by atoms with Crippen molar-refractivity contribution in [3.63, 3.8) is 0 Å². The molecule has 2 fully saturated rings. The Bertz CT molecular complexity index is 2340. The zero-order valence-electron chi connectivity index (χ0n) is 30.2. The van der Waals surface area contributed by atoms with Crippen LogP contribution in [0.5, 0.6) is 0 Å². The smallest absolute Gasteiger partial charge is 0.310 e. The number of hydrogen-bond donors (Lipinski definition) is 3. The number of carboxylic acids is 1. The fraction of sp³-hybridized carbons (Fsp3) is 0.357. The van der Waals surface area contributed by atoms with Crippen molar-refractivity contribution in [1.29, 1.82) is 5.26 Å². The number of carbonyl (C=O) groups is 1. The van der Waals surface area contributed by atoms with Crippen LogP contribution in [0, 0.1) is 29.6 Å². The Morgan fingerprint density at radius 3 is 2.70 bits per heavy atom. The second kappa shape index (κ2) is 13.5. The number of benzene rings is 2. The summed E-state index contributed by atoms with van der Waals surface area (Å²) in [5.41, 5.74) is 5.52. The van der Waals surface area contributed by atoms with Gasteiger partial charge in [-0.3, -0.25) is 19.6 Å². The maximum Gasteiger partial charge on any atom is 0.310 e. The zero-order chi connectivity index (χ0) is 36.9. The van der Waals surface area contributed by atoms with Crippen molar-refractivity contribution in [2.75, 3.05) is 31.5 Å². The van der Waals surface area contributed by atoms with Crippen LogP contribution in [0.4, 0.5) is 5.82 Å². The Morgan fingerprint density at radius 1 is 1.11 bits per heavy atom. The summed E-state index contributed by atoms with van der Waals surface area (Å²) in [6.45, 7) is 9.86. The van der Waals surface area contributed by atoms with Crippen LogP contribution in [-0.2, 0) is 23.4 Å². The van der Waals surface area contributed by atoms with E-state index >= 15 is 0 Å². The van der Waals surface area contributed by atoms with Gasteiger partial charge >= 0.3 is 5.97 Å². The van der Waals surface area contributed by atoms with E-state index in [1.807, 2.05) is 42.6 Å². The van der Waals surface area contributed by atoms with Gasteiger partial charge in [-0.05, 0) is 91.4 Å². The standard InChI is InChI=1S/C42H43N7O4/c1-26-7-4-5-8-33(26)34-9-6-12-42(27(34)2,47-38-36-30(10-14-44-38)18-29(21-45-36)23-48-15-11-32(50)24-48)39-46-35-19-28(17-31(20-43)37(35)53-39)22-49-16-13-41(3,25-49)40(51)52/h4-10,12,14,17-19,21,27,32,50H,11,13,15-16,22-25H2,1-3H3,(H,44,47)(H,51,52)/t27?,32-,41-,42?/m1/s1. The number of rotatable bonds is 9. The lowest BCUT2D eigenvalue weighted by molar-refractivity contribution is -0.147. The molecule has 270 valence electrons. The van der Waals surface area contributed by atoms with Gasteiger partial charge in [0.05, 0.1) is 17.1 Å². The molecule has 11 nitrogen and oxygen atoms in total. The van der Waals surface area contributed by atoms with E-state index in [9.17, 15) is 20.3 Å². The Balaban J connectivity index is 1.20. The minimum Gasteiger partial charge on any atom is -0.481 e. The van der Waals surface area contributed by atoms with Crippen LogP contribution in [0.15, 0.2) is 83.6 Å². The molecule has 0 spiro atoms. The number of aryl methyl sites for hydroxylation is 1. The number of fused-ring (bicyclic) bond motifs is 2. The van der Waals surface area contributed by atoms with E-state index in [0.29, 0.717) is 73.0 Å². The van der Waals surface area contributed by atoms with Crippen LogP contribution in [0.1, 0.15) is 60.4 Å². The van der Waals surface area contributed by atoms with Crippen LogP contribution in [-0.4, -0.2) is 73.2 Å². The van der Waals surface area contributed by atoms with Gasteiger partial charge in [-0.1, -0.05) is 43.3 Å². The van der Waals surface area contributed by atoms with Gasteiger partial charge in [0.25, 0.3) is 0 Å². The van der Waals surface area contributed by atoms with Crippen molar-refractivity contribution in [1.82, 2.24) is 24.8 Å². The van der Waals surface area contributed by atoms with Crippen LogP contribution >= 0.6 is 0 Å². The van der Waals surface area contributed by atoms with Gasteiger partial charge in [-0.15, -0.1) is 0 Å². The van der Waals surface area contributed by atoms with Gasteiger partial charge in [0, 0.05) is 56.4 Å². The van der Waals surface area contributed by atoms with Crippen LogP contribution < -0.4 is 5.32 Å². The topological polar surface area (TPSA) is 152 Å². The van der Waals surface area contributed by atoms with E-state index in [1.165, 1.54) is 0 Å². The van der Waals surface area contributed by atoms with Gasteiger partial charge in [-0.25, -0.2) is 9.97 Å². The van der Waals surface area contributed by atoms with E-state index in [1.54, 1.807) is 13.1 Å². The molecule has 53 heavy (non-hydrogen) atoms. The molecule has 0 amide bonds. The van der Waals surface area contributed by atoms with Gasteiger partial charge < -0.3 is 19.9 Å². The second-order valence-corrected chi connectivity index (χ2v) is 15.2. The van der Waals surface area contributed by atoms with E-state index < -0.39 is 16.9 Å². The predicted molar refractivity (Wildman–Crippen MR) is 203 cm³/mol. The first-order valence-electron chi connectivity index (χ1n) is 18.2. The number of aliphatic hydroxyl groups excluding tert-OH is 1. The molecular formula is C42H43N7O4.